The molecule has 1 aliphatic rings. The van der Waals surface area contributed by atoms with Crippen molar-refractivity contribution in [3.8, 4) is 5.75 Å². The molecule has 0 radical (unpaired) electrons. The van der Waals surface area contributed by atoms with E-state index in [1.807, 2.05) is 30.3 Å². The molecule has 26 heavy (non-hydrogen) atoms. The van der Waals surface area contributed by atoms with Crippen LogP contribution in [0.25, 0.3) is 0 Å². The number of nitrogens with one attached hydrogen (secondary N) is 1. The standard InChI is InChI=1S/C20H23N3O3/c1-26-17-8-4-6-15(12-17)13-22-20(25)23-11-5-7-16(14-23)19(24)18-9-2-3-10-21-18/h2-4,6,8-10,12,16H,5,7,11,13-14H2,1H3,(H,22,25)/t16-/m1/s1. The van der Waals surface area contributed by atoms with E-state index in [4.69, 9.17) is 4.74 Å². The first kappa shape index (κ1) is 17.9. The molecule has 2 amide bonds. The molecule has 1 aromatic heterocycles. The minimum atomic E-state index is -0.193. The number of Topliss-reactive ketones (excluding diaryl/α,β-unsaturated/α-hetero) is 1. The molecule has 0 aliphatic carbocycles. The number of carbonyl (C=O) groups excluding carboxylic acids is 2. The van der Waals surface area contributed by atoms with Crippen LogP contribution in [0, 0.1) is 5.92 Å². The highest BCUT2D eigenvalue weighted by molar-refractivity contribution is 5.96. The van der Waals surface area contributed by atoms with Gasteiger partial charge < -0.3 is 15.0 Å². The van der Waals surface area contributed by atoms with Gasteiger partial charge in [0.1, 0.15) is 11.4 Å². The Morgan fingerprint density at radius 1 is 1.27 bits per heavy atom. The molecule has 1 atom stereocenters. The molecule has 1 N–H and O–H groups in total. The maximum atomic E-state index is 12.6. The third kappa shape index (κ3) is 4.39. The Morgan fingerprint density at radius 3 is 2.92 bits per heavy atom. The van der Waals surface area contributed by atoms with E-state index in [1.165, 1.54) is 0 Å². The number of methoxy groups -OCH3 is 1. The van der Waals surface area contributed by atoms with Gasteiger partial charge >= 0.3 is 6.03 Å². The summed E-state index contributed by atoms with van der Waals surface area (Å²) >= 11 is 0. The molecule has 1 saturated heterocycles. The van der Waals surface area contributed by atoms with Gasteiger partial charge in [-0.2, -0.15) is 0 Å². The number of hydrogen-bond donors (Lipinski definition) is 1. The molecule has 6 heteroatoms. The van der Waals surface area contributed by atoms with E-state index < -0.39 is 0 Å². The Labute approximate surface area is 153 Å². The predicted octanol–water partition coefficient (Wildman–Crippen LogP) is 2.89. The highest BCUT2D eigenvalue weighted by Gasteiger charge is 2.29. The Hall–Kier alpha value is -2.89. The van der Waals surface area contributed by atoms with Crippen LogP contribution < -0.4 is 10.1 Å². The summed E-state index contributed by atoms with van der Waals surface area (Å²) in [7, 11) is 1.62. The molecule has 2 aromatic rings. The largest absolute Gasteiger partial charge is 0.497 e. The number of urea groups is 1. The van der Waals surface area contributed by atoms with Crippen LogP contribution in [0.15, 0.2) is 48.7 Å². The summed E-state index contributed by atoms with van der Waals surface area (Å²) in [5.74, 6) is 0.577. The fourth-order valence-electron chi connectivity index (χ4n) is 3.17. The van der Waals surface area contributed by atoms with Gasteiger partial charge in [-0.25, -0.2) is 4.79 Å². The van der Waals surface area contributed by atoms with Crippen LogP contribution in [0.1, 0.15) is 28.9 Å². The van der Waals surface area contributed by atoms with E-state index in [0.717, 1.165) is 24.2 Å². The van der Waals surface area contributed by atoms with Crippen molar-refractivity contribution in [1.29, 1.82) is 0 Å². The van der Waals surface area contributed by atoms with E-state index in [-0.39, 0.29) is 17.7 Å². The molecular formula is C20H23N3O3. The monoisotopic (exact) mass is 353 g/mol. The molecule has 3 rings (SSSR count). The van der Waals surface area contributed by atoms with Crippen molar-refractivity contribution in [2.75, 3.05) is 20.2 Å². The number of aromatic nitrogens is 1. The zero-order chi connectivity index (χ0) is 18.4. The van der Waals surface area contributed by atoms with Crippen molar-refractivity contribution in [1.82, 2.24) is 15.2 Å². The first-order valence-corrected chi connectivity index (χ1v) is 8.78. The average molecular weight is 353 g/mol. The Balaban J connectivity index is 1.56. The third-order valence-corrected chi connectivity index (χ3v) is 4.57. The Morgan fingerprint density at radius 2 is 2.15 bits per heavy atom. The lowest BCUT2D eigenvalue weighted by Gasteiger charge is -2.32. The van der Waals surface area contributed by atoms with Crippen molar-refractivity contribution >= 4 is 11.8 Å². The van der Waals surface area contributed by atoms with Gasteiger partial charge in [0.05, 0.1) is 7.11 Å². The second-order valence-electron chi connectivity index (χ2n) is 6.37. The van der Waals surface area contributed by atoms with E-state index in [0.29, 0.717) is 25.3 Å². The van der Waals surface area contributed by atoms with Gasteiger partial charge in [0.15, 0.2) is 5.78 Å². The summed E-state index contributed by atoms with van der Waals surface area (Å²) in [4.78, 5) is 30.9. The topological polar surface area (TPSA) is 71.5 Å². The molecule has 0 bridgehead atoms. The summed E-state index contributed by atoms with van der Waals surface area (Å²) in [6.45, 7) is 1.51. The average Bonchev–Trinajstić information content (AvgIpc) is 2.72. The summed E-state index contributed by atoms with van der Waals surface area (Å²) in [6.07, 6.45) is 3.22. The van der Waals surface area contributed by atoms with Crippen LogP contribution in [0.5, 0.6) is 5.75 Å². The fourth-order valence-corrected chi connectivity index (χ4v) is 3.17. The second-order valence-corrected chi connectivity index (χ2v) is 6.37. The van der Waals surface area contributed by atoms with Crippen LogP contribution in [-0.2, 0) is 6.54 Å². The molecule has 0 unspecified atom stereocenters. The van der Waals surface area contributed by atoms with Crippen LogP contribution in [0.3, 0.4) is 0 Å². The fraction of sp³-hybridized carbons (Fsp3) is 0.350. The number of nitrogens with zero attached hydrogens (tertiary/aromatic N) is 2. The number of pyridine rings is 1. The van der Waals surface area contributed by atoms with Gasteiger partial charge in [0, 0.05) is 31.7 Å². The summed E-state index contributed by atoms with van der Waals surface area (Å²) in [6, 6.07) is 12.8. The van der Waals surface area contributed by atoms with Crippen LogP contribution in [-0.4, -0.2) is 41.9 Å². The van der Waals surface area contributed by atoms with Crippen LogP contribution in [0.2, 0.25) is 0 Å². The number of hydrogen-bond acceptors (Lipinski definition) is 4. The molecule has 1 aliphatic heterocycles. The highest BCUT2D eigenvalue weighted by atomic mass is 16.5. The molecule has 136 valence electrons. The van der Waals surface area contributed by atoms with E-state index >= 15 is 0 Å². The second kappa shape index (κ2) is 8.47. The lowest BCUT2D eigenvalue weighted by Crippen LogP contribution is -2.46. The molecule has 2 heterocycles. The molecule has 6 nitrogen and oxygen atoms in total. The van der Waals surface area contributed by atoms with Gasteiger partial charge in [-0.05, 0) is 42.7 Å². The van der Waals surface area contributed by atoms with Gasteiger partial charge in [0.25, 0.3) is 0 Å². The number of ether oxygens (including phenoxy) is 1. The number of rotatable bonds is 5. The Kier molecular flexibility index (Phi) is 5.84. The number of ketones is 1. The minimum Gasteiger partial charge on any atom is -0.497 e. The quantitative estimate of drug-likeness (QED) is 0.839. The molecular weight excluding hydrogens is 330 g/mol. The van der Waals surface area contributed by atoms with Crippen molar-refractivity contribution < 1.29 is 14.3 Å². The number of carbonyl (C=O) groups is 2. The first-order chi connectivity index (χ1) is 12.7. The number of piperidine rings is 1. The predicted molar refractivity (Wildman–Crippen MR) is 98.1 cm³/mol. The number of amides is 2. The Bertz CT molecular complexity index is 764. The zero-order valence-corrected chi connectivity index (χ0v) is 14.9. The van der Waals surface area contributed by atoms with Gasteiger partial charge in [-0.3, -0.25) is 9.78 Å². The van der Waals surface area contributed by atoms with Crippen LogP contribution in [0.4, 0.5) is 4.79 Å². The van der Waals surface area contributed by atoms with E-state index in [1.54, 1.807) is 30.3 Å². The number of benzene rings is 1. The highest BCUT2D eigenvalue weighted by Crippen LogP contribution is 2.20. The summed E-state index contributed by atoms with van der Waals surface area (Å²) < 4.78 is 5.19. The SMILES string of the molecule is COc1cccc(CNC(=O)N2CCC[C@@H](C(=O)c3ccccn3)C2)c1. The summed E-state index contributed by atoms with van der Waals surface area (Å²) in [5, 5.41) is 2.92. The van der Waals surface area contributed by atoms with Crippen LogP contribution >= 0.6 is 0 Å². The molecule has 0 saturated carbocycles. The molecule has 1 aromatic carbocycles. The minimum absolute atomic E-state index is 0.0101. The zero-order valence-electron chi connectivity index (χ0n) is 14.9. The van der Waals surface area contributed by atoms with Crippen molar-refractivity contribution in [2.24, 2.45) is 5.92 Å². The third-order valence-electron chi connectivity index (χ3n) is 4.57. The van der Waals surface area contributed by atoms with E-state index in [2.05, 4.69) is 10.3 Å². The maximum absolute atomic E-state index is 12.6. The summed E-state index contributed by atoms with van der Waals surface area (Å²) in [5.41, 5.74) is 1.44. The van der Waals surface area contributed by atoms with Crippen molar-refractivity contribution in [3.05, 3.63) is 59.9 Å². The first-order valence-electron chi connectivity index (χ1n) is 8.78. The van der Waals surface area contributed by atoms with E-state index in [9.17, 15) is 9.59 Å². The normalized spacial score (nSPS) is 16.8. The van der Waals surface area contributed by atoms with Crippen molar-refractivity contribution in [3.63, 3.8) is 0 Å². The number of likely N-dealkylation sites (tertiary alicyclic amines) is 1. The molecule has 1 fully saturated rings. The van der Waals surface area contributed by atoms with Gasteiger partial charge in [-0.1, -0.05) is 18.2 Å². The smallest absolute Gasteiger partial charge is 0.317 e. The van der Waals surface area contributed by atoms with Gasteiger partial charge in [0.2, 0.25) is 0 Å². The lowest BCUT2D eigenvalue weighted by molar-refractivity contribution is 0.0840. The lowest BCUT2D eigenvalue weighted by atomic mass is 9.92. The van der Waals surface area contributed by atoms with Crippen molar-refractivity contribution in [2.45, 2.75) is 19.4 Å². The maximum Gasteiger partial charge on any atom is 0.317 e. The molecule has 0 spiro atoms. The van der Waals surface area contributed by atoms with Gasteiger partial charge in [-0.15, -0.1) is 0 Å².